The highest BCUT2D eigenvalue weighted by Crippen LogP contribution is 2.25. The van der Waals surface area contributed by atoms with E-state index in [2.05, 4.69) is 90.5 Å². The van der Waals surface area contributed by atoms with Gasteiger partial charge in [-0.2, -0.15) is 0 Å². The highest BCUT2D eigenvalue weighted by molar-refractivity contribution is 5.80. The Morgan fingerprint density at radius 3 is 2.03 bits per heavy atom. The maximum absolute atomic E-state index is 10.6. The SMILES string of the molecule is CC(C(=O)O)N1CCCCC1.Cc1ccc(-c2ccc(-c3nc4ccc(C)cc4[nH]3)cc2)cc1. The fourth-order valence-corrected chi connectivity index (χ4v) is 4.29. The van der Waals surface area contributed by atoms with E-state index in [-0.39, 0.29) is 6.04 Å². The van der Waals surface area contributed by atoms with Crippen LogP contribution in [-0.4, -0.2) is 45.1 Å². The van der Waals surface area contributed by atoms with Crippen molar-refractivity contribution in [1.82, 2.24) is 14.9 Å². The molecule has 0 radical (unpaired) electrons. The molecular formula is C29H33N3O2. The lowest BCUT2D eigenvalue weighted by molar-refractivity contribution is -0.142. The van der Waals surface area contributed by atoms with Gasteiger partial charge in [0, 0.05) is 5.56 Å². The quantitative estimate of drug-likeness (QED) is 0.371. The minimum Gasteiger partial charge on any atom is -0.480 e. The smallest absolute Gasteiger partial charge is 0.320 e. The van der Waals surface area contributed by atoms with Crippen LogP contribution < -0.4 is 0 Å². The minimum atomic E-state index is -0.702. The van der Waals surface area contributed by atoms with Crippen molar-refractivity contribution in [2.45, 2.75) is 46.1 Å². The molecule has 34 heavy (non-hydrogen) atoms. The van der Waals surface area contributed by atoms with Crippen molar-refractivity contribution in [1.29, 1.82) is 0 Å². The third-order valence-corrected chi connectivity index (χ3v) is 6.48. The first-order chi connectivity index (χ1) is 16.4. The van der Waals surface area contributed by atoms with Gasteiger partial charge in [0.25, 0.3) is 0 Å². The Labute approximate surface area is 201 Å². The summed E-state index contributed by atoms with van der Waals surface area (Å²) in [5, 5.41) is 8.69. The molecule has 1 aliphatic rings. The number of imidazole rings is 1. The van der Waals surface area contributed by atoms with Crippen LogP contribution in [0.3, 0.4) is 0 Å². The zero-order valence-electron chi connectivity index (χ0n) is 20.2. The van der Waals surface area contributed by atoms with Crippen LogP contribution >= 0.6 is 0 Å². The van der Waals surface area contributed by atoms with E-state index in [1.165, 1.54) is 28.7 Å². The zero-order valence-corrected chi connectivity index (χ0v) is 20.2. The fourth-order valence-electron chi connectivity index (χ4n) is 4.29. The van der Waals surface area contributed by atoms with Crippen molar-refractivity contribution >= 4 is 17.0 Å². The summed E-state index contributed by atoms with van der Waals surface area (Å²) < 4.78 is 0. The predicted octanol–water partition coefficient (Wildman–Crippen LogP) is 6.46. The van der Waals surface area contributed by atoms with Crippen molar-refractivity contribution in [3.63, 3.8) is 0 Å². The van der Waals surface area contributed by atoms with Gasteiger partial charge in [-0.25, -0.2) is 4.98 Å². The topological polar surface area (TPSA) is 69.2 Å². The molecule has 0 bridgehead atoms. The summed E-state index contributed by atoms with van der Waals surface area (Å²) >= 11 is 0. The maximum Gasteiger partial charge on any atom is 0.320 e. The number of carboxylic acid groups (broad SMARTS) is 1. The summed E-state index contributed by atoms with van der Waals surface area (Å²) in [7, 11) is 0. The van der Waals surface area contributed by atoms with Crippen LogP contribution in [0, 0.1) is 13.8 Å². The molecule has 1 unspecified atom stereocenters. The first-order valence-corrected chi connectivity index (χ1v) is 12.0. The van der Waals surface area contributed by atoms with Crippen molar-refractivity contribution in [2.75, 3.05) is 13.1 Å². The van der Waals surface area contributed by atoms with Crippen LogP contribution in [0.1, 0.15) is 37.3 Å². The molecule has 2 heterocycles. The number of carbonyl (C=O) groups is 1. The summed E-state index contributed by atoms with van der Waals surface area (Å²) in [6.45, 7) is 7.86. The Kier molecular flexibility index (Phi) is 7.43. The summed E-state index contributed by atoms with van der Waals surface area (Å²) in [5.74, 6) is 0.216. The lowest BCUT2D eigenvalue weighted by atomic mass is 10.0. The molecule has 1 aliphatic heterocycles. The van der Waals surface area contributed by atoms with Crippen LogP contribution in [0.5, 0.6) is 0 Å². The summed E-state index contributed by atoms with van der Waals surface area (Å²) in [6.07, 6.45) is 3.55. The van der Waals surface area contributed by atoms with Gasteiger partial charge in [-0.05, 0) is 75.5 Å². The van der Waals surface area contributed by atoms with E-state index in [4.69, 9.17) is 5.11 Å². The molecule has 1 aromatic heterocycles. The monoisotopic (exact) mass is 455 g/mol. The molecule has 1 fully saturated rings. The number of nitrogens with one attached hydrogen (secondary N) is 1. The Morgan fingerprint density at radius 2 is 1.41 bits per heavy atom. The Morgan fingerprint density at radius 1 is 0.853 bits per heavy atom. The maximum atomic E-state index is 10.6. The number of hydrogen-bond donors (Lipinski definition) is 2. The fraction of sp³-hybridized carbons (Fsp3) is 0.310. The van der Waals surface area contributed by atoms with Crippen LogP contribution in [-0.2, 0) is 4.79 Å². The minimum absolute atomic E-state index is 0.296. The number of likely N-dealkylation sites (tertiary alicyclic amines) is 1. The number of H-pyrrole nitrogens is 1. The Bertz CT molecular complexity index is 1240. The number of fused-ring (bicyclic) bond motifs is 1. The second-order valence-electron chi connectivity index (χ2n) is 9.16. The van der Waals surface area contributed by atoms with Crippen molar-refractivity contribution < 1.29 is 9.90 Å². The van der Waals surface area contributed by atoms with Crippen LogP contribution in [0.2, 0.25) is 0 Å². The number of rotatable bonds is 4. The van der Waals surface area contributed by atoms with Gasteiger partial charge in [-0.15, -0.1) is 0 Å². The number of piperidine rings is 1. The molecule has 0 saturated carbocycles. The number of nitrogens with zero attached hydrogens (tertiary/aromatic N) is 2. The van der Waals surface area contributed by atoms with E-state index < -0.39 is 5.97 Å². The molecule has 0 amide bonds. The zero-order chi connectivity index (χ0) is 24.1. The first kappa shape index (κ1) is 23.7. The van der Waals surface area contributed by atoms with E-state index in [0.717, 1.165) is 48.4 Å². The first-order valence-electron chi connectivity index (χ1n) is 12.0. The Hall–Kier alpha value is -3.44. The van der Waals surface area contributed by atoms with Crippen LogP contribution in [0.4, 0.5) is 0 Å². The van der Waals surface area contributed by atoms with Gasteiger partial charge in [-0.3, -0.25) is 9.69 Å². The lowest BCUT2D eigenvalue weighted by Gasteiger charge is -2.29. The van der Waals surface area contributed by atoms with E-state index in [0.29, 0.717) is 0 Å². The molecule has 0 spiro atoms. The Balaban J connectivity index is 0.000000210. The molecule has 5 rings (SSSR count). The summed E-state index contributed by atoms with van der Waals surface area (Å²) in [5.41, 5.74) is 8.18. The van der Waals surface area contributed by atoms with Gasteiger partial charge in [0.15, 0.2) is 0 Å². The molecule has 4 aromatic rings. The molecule has 1 saturated heterocycles. The standard InChI is InChI=1S/C21H18N2.C8H15NO2/c1-14-3-6-16(7-4-14)17-8-10-18(11-9-17)21-22-19-12-5-15(2)13-20(19)23-21;1-7(8(10)11)9-5-3-2-4-6-9/h3-13H,1-2H3,(H,22,23);7H,2-6H2,1H3,(H,10,11). The molecule has 3 aromatic carbocycles. The summed E-state index contributed by atoms with van der Waals surface area (Å²) in [4.78, 5) is 20.7. The molecule has 1 atom stereocenters. The van der Waals surface area contributed by atoms with Crippen molar-refractivity contribution in [2.24, 2.45) is 0 Å². The van der Waals surface area contributed by atoms with Gasteiger partial charge in [-0.1, -0.05) is 66.6 Å². The number of carboxylic acids is 1. The third kappa shape index (κ3) is 5.72. The second kappa shape index (κ2) is 10.7. The number of aryl methyl sites for hydroxylation is 2. The predicted molar refractivity (Wildman–Crippen MR) is 139 cm³/mol. The molecule has 5 heteroatoms. The van der Waals surface area contributed by atoms with E-state index in [1.807, 2.05) is 4.90 Å². The van der Waals surface area contributed by atoms with Gasteiger partial charge >= 0.3 is 5.97 Å². The lowest BCUT2D eigenvalue weighted by Crippen LogP contribution is -2.41. The highest BCUT2D eigenvalue weighted by atomic mass is 16.4. The van der Waals surface area contributed by atoms with E-state index in [9.17, 15) is 4.79 Å². The van der Waals surface area contributed by atoms with E-state index >= 15 is 0 Å². The average molecular weight is 456 g/mol. The molecule has 0 aliphatic carbocycles. The van der Waals surface area contributed by atoms with Crippen LogP contribution in [0.15, 0.2) is 66.7 Å². The van der Waals surface area contributed by atoms with Crippen molar-refractivity contribution in [3.8, 4) is 22.5 Å². The number of aromatic nitrogens is 2. The number of aliphatic carboxylic acids is 1. The van der Waals surface area contributed by atoms with Crippen molar-refractivity contribution in [3.05, 3.63) is 77.9 Å². The largest absolute Gasteiger partial charge is 0.480 e. The normalized spacial score (nSPS) is 14.9. The molecule has 176 valence electrons. The highest BCUT2D eigenvalue weighted by Gasteiger charge is 2.21. The average Bonchev–Trinajstić information content (AvgIpc) is 3.28. The number of aromatic amines is 1. The number of benzene rings is 3. The third-order valence-electron chi connectivity index (χ3n) is 6.48. The second-order valence-corrected chi connectivity index (χ2v) is 9.16. The number of hydrogen-bond acceptors (Lipinski definition) is 3. The van der Waals surface area contributed by atoms with Gasteiger partial charge in [0.05, 0.1) is 11.0 Å². The van der Waals surface area contributed by atoms with Gasteiger partial charge in [0.2, 0.25) is 0 Å². The molecule has 2 N–H and O–H groups in total. The van der Waals surface area contributed by atoms with Gasteiger partial charge < -0.3 is 10.1 Å². The molecular weight excluding hydrogens is 422 g/mol. The van der Waals surface area contributed by atoms with E-state index in [1.54, 1.807) is 6.92 Å². The summed E-state index contributed by atoms with van der Waals surface area (Å²) in [6, 6.07) is 23.1. The molecule has 5 nitrogen and oxygen atoms in total. The van der Waals surface area contributed by atoms with Gasteiger partial charge in [0.1, 0.15) is 11.9 Å². The van der Waals surface area contributed by atoms with Crippen LogP contribution in [0.25, 0.3) is 33.5 Å².